The van der Waals surface area contributed by atoms with Gasteiger partial charge in [0.1, 0.15) is 0 Å². The molecule has 1 aliphatic rings. The fraction of sp³-hybridized carbons (Fsp3) is 0.667. The molecule has 10 nitrogen and oxygen atoms in total. The second-order valence-corrected chi connectivity index (χ2v) is 6.22. The van der Waals surface area contributed by atoms with Crippen molar-refractivity contribution in [3.05, 3.63) is 0 Å². The third kappa shape index (κ3) is 3.23. The predicted octanol–water partition coefficient (Wildman–Crippen LogP) is -1.75. The van der Waals surface area contributed by atoms with Crippen LogP contribution in [0, 0.1) is 0 Å². The van der Waals surface area contributed by atoms with Crippen LogP contribution in [0.1, 0.15) is 0 Å². The van der Waals surface area contributed by atoms with E-state index in [1.165, 1.54) is 17.7 Å². The van der Waals surface area contributed by atoms with Gasteiger partial charge in [-0.1, -0.05) is 0 Å². The number of sulfonamides is 1. The molecule has 0 saturated carbocycles. The molecule has 2 heterocycles. The van der Waals surface area contributed by atoms with E-state index in [0.717, 1.165) is 0 Å². The van der Waals surface area contributed by atoms with Crippen molar-refractivity contribution >= 4 is 21.9 Å². The molecule has 0 radical (unpaired) electrons. The fourth-order valence-electron chi connectivity index (χ4n) is 1.86. The van der Waals surface area contributed by atoms with Crippen LogP contribution in [-0.4, -0.2) is 67.2 Å². The average Bonchev–Trinajstić information content (AvgIpc) is 2.46. The van der Waals surface area contributed by atoms with Gasteiger partial charge in [0.2, 0.25) is 21.9 Å². The Hall–Kier alpha value is -1.72. The Balaban J connectivity index is 2.14. The zero-order chi connectivity index (χ0) is 14.8. The number of methoxy groups -OCH3 is 1. The summed E-state index contributed by atoms with van der Waals surface area (Å²) in [6.07, 6.45) is 1.20. The molecule has 0 amide bonds. The third-order valence-corrected chi connectivity index (χ3v) is 4.21. The Kier molecular flexibility index (Phi) is 4.20. The number of anilines is 2. The van der Waals surface area contributed by atoms with Crippen LogP contribution in [0.5, 0.6) is 6.01 Å². The van der Waals surface area contributed by atoms with E-state index in [2.05, 4.69) is 20.4 Å². The van der Waals surface area contributed by atoms with Gasteiger partial charge in [-0.2, -0.15) is 19.3 Å². The van der Waals surface area contributed by atoms with E-state index in [4.69, 9.17) is 10.6 Å². The van der Waals surface area contributed by atoms with E-state index in [0.29, 0.717) is 32.1 Å². The van der Waals surface area contributed by atoms with Crippen molar-refractivity contribution in [3.8, 4) is 6.01 Å². The molecule has 1 aliphatic heterocycles. The van der Waals surface area contributed by atoms with Gasteiger partial charge in [0.25, 0.3) is 0 Å². The van der Waals surface area contributed by atoms with E-state index in [1.807, 2.05) is 4.90 Å². The van der Waals surface area contributed by atoms with Gasteiger partial charge < -0.3 is 9.64 Å². The molecule has 112 valence electrons. The van der Waals surface area contributed by atoms with Gasteiger partial charge >= 0.3 is 6.01 Å². The number of hydrogen-bond acceptors (Lipinski definition) is 9. The minimum Gasteiger partial charge on any atom is -0.467 e. The van der Waals surface area contributed by atoms with E-state index in [-0.39, 0.29) is 12.0 Å². The Morgan fingerprint density at radius 2 is 1.85 bits per heavy atom. The topological polar surface area (TPSA) is 127 Å². The summed E-state index contributed by atoms with van der Waals surface area (Å²) in [5.74, 6) is 5.88. The largest absolute Gasteiger partial charge is 0.467 e. The Morgan fingerprint density at radius 1 is 1.20 bits per heavy atom. The van der Waals surface area contributed by atoms with Gasteiger partial charge in [0.05, 0.1) is 13.4 Å². The van der Waals surface area contributed by atoms with Crippen LogP contribution in [0.25, 0.3) is 0 Å². The van der Waals surface area contributed by atoms with E-state index in [1.54, 1.807) is 0 Å². The summed E-state index contributed by atoms with van der Waals surface area (Å²) in [4.78, 5) is 14.0. The summed E-state index contributed by atoms with van der Waals surface area (Å²) in [7, 11) is -1.72. The number of hydrogen-bond donors (Lipinski definition) is 2. The number of aromatic nitrogens is 3. The Labute approximate surface area is 117 Å². The number of nitrogens with zero attached hydrogens (tertiary/aromatic N) is 5. The highest BCUT2D eigenvalue weighted by Crippen LogP contribution is 2.16. The predicted molar refractivity (Wildman–Crippen MR) is 72.8 cm³/mol. The van der Waals surface area contributed by atoms with Crippen LogP contribution < -0.4 is 20.9 Å². The highest BCUT2D eigenvalue weighted by molar-refractivity contribution is 7.88. The highest BCUT2D eigenvalue weighted by Gasteiger charge is 2.25. The van der Waals surface area contributed by atoms with Crippen LogP contribution in [0.4, 0.5) is 11.9 Å². The molecule has 0 atom stereocenters. The zero-order valence-electron chi connectivity index (χ0n) is 11.3. The van der Waals surface area contributed by atoms with Crippen LogP contribution in [0.3, 0.4) is 0 Å². The van der Waals surface area contributed by atoms with Crippen molar-refractivity contribution in [2.45, 2.75) is 0 Å². The standard InChI is InChI=1S/C9H17N7O3S/c1-19-9-12-7(14-10)11-8(13-9)15-3-5-16(6-4-15)20(2,17)18/h3-6,10H2,1-2H3,(H,11,12,13,14). The summed E-state index contributed by atoms with van der Waals surface area (Å²) >= 11 is 0. The van der Waals surface area contributed by atoms with Crippen LogP contribution >= 0.6 is 0 Å². The van der Waals surface area contributed by atoms with Gasteiger partial charge in [-0.05, 0) is 0 Å². The van der Waals surface area contributed by atoms with Crippen LogP contribution in [-0.2, 0) is 10.0 Å². The van der Waals surface area contributed by atoms with Crippen LogP contribution in [0.2, 0.25) is 0 Å². The van der Waals surface area contributed by atoms with Gasteiger partial charge in [0, 0.05) is 26.2 Å². The number of nitrogens with one attached hydrogen (secondary N) is 1. The number of piperazine rings is 1. The minimum atomic E-state index is -3.16. The van der Waals surface area contributed by atoms with Crippen molar-refractivity contribution in [2.24, 2.45) is 5.84 Å². The van der Waals surface area contributed by atoms with E-state index in [9.17, 15) is 8.42 Å². The second-order valence-electron chi connectivity index (χ2n) is 4.24. The summed E-state index contributed by atoms with van der Waals surface area (Å²) in [5, 5.41) is 0. The molecule has 1 fully saturated rings. The fourth-order valence-corrected chi connectivity index (χ4v) is 2.69. The number of ether oxygens (including phenoxy) is 1. The first-order chi connectivity index (χ1) is 9.44. The van der Waals surface area contributed by atoms with Crippen molar-refractivity contribution in [1.82, 2.24) is 19.3 Å². The van der Waals surface area contributed by atoms with Gasteiger partial charge in [-0.25, -0.2) is 14.3 Å². The molecule has 0 aromatic carbocycles. The lowest BCUT2D eigenvalue weighted by Gasteiger charge is -2.33. The molecule has 2 rings (SSSR count). The summed E-state index contributed by atoms with van der Waals surface area (Å²) in [6.45, 7) is 1.75. The molecule has 0 spiro atoms. The quantitative estimate of drug-likeness (QED) is 0.491. The molecule has 1 aromatic rings. The maximum atomic E-state index is 11.4. The van der Waals surface area contributed by atoms with Crippen molar-refractivity contribution in [2.75, 3.05) is 49.9 Å². The summed E-state index contributed by atoms with van der Waals surface area (Å²) in [6, 6.07) is 0.147. The molecule has 0 aliphatic carbocycles. The smallest absolute Gasteiger partial charge is 0.322 e. The summed E-state index contributed by atoms with van der Waals surface area (Å²) < 4.78 is 29.3. The number of rotatable bonds is 4. The maximum absolute atomic E-state index is 11.4. The molecule has 0 unspecified atom stereocenters. The van der Waals surface area contributed by atoms with E-state index < -0.39 is 10.0 Å². The van der Waals surface area contributed by atoms with Crippen molar-refractivity contribution in [3.63, 3.8) is 0 Å². The van der Waals surface area contributed by atoms with E-state index >= 15 is 0 Å². The highest BCUT2D eigenvalue weighted by atomic mass is 32.2. The Bertz CT molecular complexity index is 549. The monoisotopic (exact) mass is 303 g/mol. The second kappa shape index (κ2) is 5.73. The van der Waals surface area contributed by atoms with Crippen molar-refractivity contribution in [1.29, 1.82) is 0 Å². The normalized spacial score (nSPS) is 17.1. The molecule has 20 heavy (non-hydrogen) atoms. The lowest BCUT2D eigenvalue weighted by Crippen LogP contribution is -2.48. The molecular weight excluding hydrogens is 286 g/mol. The minimum absolute atomic E-state index is 0.147. The summed E-state index contributed by atoms with van der Waals surface area (Å²) in [5.41, 5.74) is 2.34. The number of nitrogens with two attached hydrogens (primary N) is 1. The molecule has 0 bridgehead atoms. The zero-order valence-corrected chi connectivity index (χ0v) is 12.1. The lowest BCUT2D eigenvalue weighted by atomic mass is 10.4. The first-order valence-corrected chi connectivity index (χ1v) is 7.75. The SMILES string of the molecule is COc1nc(NN)nc(N2CCN(S(C)(=O)=O)CC2)n1. The number of nitrogen functional groups attached to an aromatic ring is 1. The molecule has 1 aromatic heterocycles. The van der Waals surface area contributed by atoms with Gasteiger partial charge in [0.15, 0.2) is 0 Å². The maximum Gasteiger partial charge on any atom is 0.322 e. The molecule has 1 saturated heterocycles. The third-order valence-electron chi connectivity index (χ3n) is 2.91. The van der Waals surface area contributed by atoms with Crippen molar-refractivity contribution < 1.29 is 13.2 Å². The van der Waals surface area contributed by atoms with Gasteiger partial charge in [-0.15, -0.1) is 0 Å². The molecule has 11 heteroatoms. The first kappa shape index (κ1) is 14.7. The first-order valence-electron chi connectivity index (χ1n) is 5.91. The lowest BCUT2D eigenvalue weighted by molar-refractivity contribution is 0.370. The van der Waals surface area contributed by atoms with Gasteiger partial charge in [-0.3, -0.25) is 5.43 Å². The van der Waals surface area contributed by atoms with Crippen LogP contribution in [0.15, 0.2) is 0 Å². The molecular formula is C9H17N7O3S. The molecule has 3 N–H and O–H groups in total. The average molecular weight is 303 g/mol. The number of hydrazine groups is 1. The Morgan fingerprint density at radius 3 is 2.35 bits per heavy atom.